The molecule has 0 radical (unpaired) electrons. The third-order valence-electron chi connectivity index (χ3n) is 10.4. The van der Waals surface area contributed by atoms with Crippen molar-refractivity contribution >= 4 is 17.6 Å². The van der Waals surface area contributed by atoms with Crippen LogP contribution in [0.2, 0.25) is 0 Å². The third-order valence-corrected chi connectivity index (χ3v) is 10.4. The van der Waals surface area contributed by atoms with E-state index in [0.29, 0.717) is 12.3 Å². The summed E-state index contributed by atoms with van der Waals surface area (Å²) in [6.07, 6.45) is 29.9. The van der Waals surface area contributed by atoms with Crippen LogP contribution in [0.15, 0.2) is 106 Å². The van der Waals surface area contributed by atoms with Crippen molar-refractivity contribution in [2.75, 3.05) is 20.1 Å². The van der Waals surface area contributed by atoms with Gasteiger partial charge in [0.25, 0.3) is 0 Å². The van der Waals surface area contributed by atoms with Gasteiger partial charge in [-0.25, -0.2) is 0 Å². The molecule has 0 bridgehead atoms. The van der Waals surface area contributed by atoms with Gasteiger partial charge in [0.15, 0.2) is 5.78 Å². The van der Waals surface area contributed by atoms with Gasteiger partial charge in [0.1, 0.15) is 0 Å². The number of aliphatic hydroxyl groups is 1. The maximum atomic E-state index is 13.3. The van der Waals surface area contributed by atoms with Crippen molar-refractivity contribution in [2.24, 2.45) is 4.99 Å². The molecule has 1 aliphatic heterocycles. The van der Waals surface area contributed by atoms with E-state index in [1.54, 1.807) is 5.57 Å². The number of hydrogen-bond acceptors (Lipinski definition) is 4. The molecule has 5 rings (SSSR count). The summed E-state index contributed by atoms with van der Waals surface area (Å²) in [5.74, 6) is 0.903. The predicted molar refractivity (Wildman–Crippen MR) is 199 cm³/mol. The highest BCUT2D eigenvalue weighted by Crippen LogP contribution is 2.37. The smallest absolute Gasteiger partial charge is 0.162 e. The molecule has 47 heavy (non-hydrogen) atoms. The highest BCUT2D eigenvalue weighted by molar-refractivity contribution is 5.96. The molecule has 4 nitrogen and oxygen atoms in total. The minimum atomic E-state index is -0.235. The summed E-state index contributed by atoms with van der Waals surface area (Å²) in [7, 11) is 1.82. The average molecular weight is 633 g/mol. The topological polar surface area (TPSA) is 52.9 Å². The molecular formula is C43H56N2O2. The van der Waals surface area contributed by atoms with Crippen molar-refractivity contribution < 1.29 is 9.90 Å². The fourth-order valence-corrected chi connectivity index (χ4v) is 7.67. The van der Waals surface area contributed by atoms with Crippen LogP contribution in [0.1, 0.15) is 120 Å². The van der Waals surface area contributed by atoms with Crippen LogP contribution >= 0.6 is 0 Å². The molecule has 0 spiro atoms. The molecule has 4 heteroatoms. The Labute approximate surface area is 284 Å². The number of rotatable bonds is 10. The normalized spacial score (nSPS) is 24.6. The molecule has 1 heterocycles. The number of benzene rings is 1. The van der Waals surface area contributed by atoms with E-state index in [-0.39, 0.29) is 11.9 Å². The van der Waals surface area contributed by atoms with Gasteiger partial charge in [0.05, 0.1) is 6.10 Å². The second-order valence-electron chi connectivity index (χ2n) is 13.9. The number of ketones is 1. The number of hydrogen-bond donors (Lipinski definition) is 1. The standard InChI is InChI=1S/C43H56N2O2/c1-4-9-33-10-5-12-35(20-17-33)36-21-23-37(24-22-36)39-19-16-32(2)41(31-39)42(26-27-44-3)45-28-7-13-38(14-8-29-45)43(47)30-34-11-6-15-40(46)25-18-34/h10-11,13,19,21-24,26-27,31,35,40,46H,2,4-9,12,14-18,20,25,28-30H2,1,3H3/b38-13-,42-26+,44-27?. The number of aliphatic hydroxyl groups excluding tert-OH is 1. The second kappa shape index (κ2) is 17.6. The quantitative estimate of drug-likeness (QED) is 0.206. The Balaban J connectivity index is 1.26. The first-order valence-corrected chi connectivity index (χ1v) is 18.3. The lowest BCUT2D eigenvalue weighted by Gasteiger charge is -2.32. The molecule has 1 aromatic carbocycles. The minimum Gasteiger partial charge on any atom is -0.393 e. The van der Waals surface area contributed by atoms with Gasteiger partial charge in [0, 0.05) is 44.0 Å². The van der Waals surface area contributed by atoms with Gasteiger partial charge < -0.3 is 10.0 Å². The number of carbonyl (C=O) groups is 1. The van der Waals surface area contributed by atoms with Crippen LogP contribution in [-0.4, -0.2) is 48.2 Å². The summed E-state index contributed by atoms with van der Waals surface area (Å²) in [5.41, 5.74) is 11.3. The summed E-state index contributed by atoms with van der Waals surface area (Å²) >= 11 is 0. The van der Waals surface area contributed by atoms with Crippen LogP contribution < -0.4 is 0 Å². The summed E-state index contributed by atoms with van der Waals surface area (Å²) in [5, 5.41) is 9.99. The first kappa shape index (κ1) is 34.8. The molecule has 0 aromatic heterocycles. The van der Waals surface area contributed by atoms with Crippen LogP contribution in [0.5, 0.6) is 0 Å². The minimum absolute atomic E-state index is 0.235. The zero-order valence-corrected chi connectivity index (χ0v) is 29.0. The SMILES string of the molecule is C=C1CC=C(c2ccc(C3CCC=C(CCC)CC3)cc2)C=C1/C(=C\C=NC)N1CC/C=C(\C(=O)CC2=CCCC(O)CC2)CCC1. The van der Waals surface area contributed by atoms with E-state index in [9.17, 15) is 9.90 Å². The monoisotopic (exact) mass is 632 g/mol. The van der Waals surface area contributed by atoms with Gasteiger partial charge in [-0.3, -0.25) is 9.79 Å². The molecule has 0 saturated carbocycles. The van der Waals surface area contributed by atoms with E-state index in [4.69, 9.17) is 0 Å². The largest absolute Gasteiger partial charge is 0.393 e. The van der Waals surface area contributed by atoms with E-state index in [0.717, 1.165) is 75.6 Å². The fraction of sp³-hybridized carbons (Fsp3) is 0.488. The summed E-state index contributed by atoms with van der Waals surface area (Å²) in [4.78, 5) is 20.0. The van der Waals surface area contributed by atoms with Crippen LogP contribution in [0.4, 0.5) is 0 Å². The molecule has 0 fully saturated rings. The van der Waals surface area contributed by atoms with Crippen LogP contribution in [0, 0.1) is 0 Å². The van der Waals surface area contributed by atoms with Crippen LogP contribution in [0.25, 0.3) is 5.57 Å². The lowest BCUT2D eigenvalue weighted by Crippen LogP contribution is -2.29. The van der Waals surface area contributed by atoms with Gasteiger partial charge in [-0.1, -0.05) is 79.6 Å². The molecule has 0 saturated heterocycles. The summed E-state index contributed by atoms with van der Waals surface area (Å²) < 4.78 is 0. The Hall–Kier alpha value is -3.50. The predicted octanol–water partition coefficient (Wildman–Crippen LogP) is 10.2. The zero-order valence-electron chi connectivity index (χ0n) is 29.0. The number of aliphatic imine (C=N–C) groups is 1. The van der Waals surface area contributed by atoms with E-state index in [2.05, 4.69) is 84.1 Å². The molecular weight excluding hydrogens is 576 g/mol. The Kier molecular flexibility index (Phi) is 13.0. The molecule has 2 atom stereocenters. The highest BCUT2D eigenvalue weighted by atomic mass is 16.3. The van der Waals surface area contributed by atoms with Crippen molar-refractivity contribution in [3.05, 3.63) is 112 Å². The van der Waals surface area contributed by atoms with E-state index in [1.807, 2.05) is 13.3 Å². The Morgan fingerprint density at radius 3 is 2.55 bits per heavy atom. The zero-order chi connectivity index (χ0) is 33.0. The molecule has 3 aliphatic carbocycles. The summed E-state index contributed by atoms with van der Waals surface area (Å²) in [6.45, 7) is 8.51. The average Bonchev–Trinajstić information content (AvgIpc) is 3.42. The maximum absolute atomic E-state index is 13.3. The molecule has 250 valence electrons. The van der Waals surface area contributed by atoms with E-state index >= 15 is 0 Å². The van der Waals surface area contributed by atoms with Crippen molar-refractivity contribution in [3.63, 3.8) is 0 Å². The Morgan fingerprint density at radius 1 is 0.957 bits per heavy atom. The van der Waals surface area contributed by atoms with Crippen molar-refractivity contribution in [1.29, 1.82) is 0 Å². The Morgan fingerprint density at radius 2 is 1.74 bits per heavy atom. The van der Waals surface area contributed by atoms with Gasteiger partial charge >= 0.3 is 0 Å². The van der Waals surface area contributed by atoms with E-state index in [1.165, 1.54) is 72.1 Å². The number of allylic oxidation sites excluding steroid dienone is 10. The third kappa shape index (κ3) is 9.76. The molecule has 1 aromatic rings. The first-order valence-electron chi connectivity index (χ1n) is 18.3. The van der Waals surface area contributed by atoms with Crippen molar-refractivity contribution in [3.8, 4) is 0 Å². The van der Waals surface area contributed by atoms with Gasteiger partial charge in [-0.05, 0) is 129 Å². The molecule has 0 amide bonds. The van der Waals surface area contributed by atoms with Crippen LogP contribution in [-0.2, 0) is 4.79 Å². The molecule has 2 unspecified atom stereocenters. The first-order chi connectivity index (χ1) is 22.9. The van der Waals surface area contributed by atoms with Crippen molar-refractivity contribution in [1.82, 2.24) is 4.90 Å². The van der Waals surface area contributed by atoms with Gasteiger partial charge in [-0.2, -0.15) is 0 Å². The van der Waals surface area contributed by atoms with Crippen molar-refractivity contribution in [2.45, 2.75) is 115 Å². The van der Waals surface area contributed by atoms with Crippen LogP contribution in [0.3, 0.4) is 0 Å². The second-order valence-corrected chi connectivity index (χ2v) is 13.9. The Bertz CT molecular complexity index is 1480. The van der Waals surface area contributed by atoms with Gasteiger partial charge in [0.2, 0.25) is 0 Å². The number of carbonyl (C=O) groups excluding carboxylic acids is 1. The lowest BCUT2D eigenvalue weighted by atomic mass is 9.86. The maximum Gasteiger partial charge on any atom is 0.162 e. The number of Topliss-reactive ketones (excluding diaryl/α,β-unsaturated/α-hetero) is 1. The highest BCUT2D eigenvalue weighted by Gasteiger charge is 2.22. The summed E-state index contributed by atoms with van der Waals surface area (Å²) in [6, 6.07) is 9.36. The lowest BCUT2D eigenvalue weighted by molar-refractivity contribution is -0.115. The molecule has 1 N–H and O–H groups in total. The number of nitrogens with zero attached hydrogens (tertiary/aromatic N) is 2. The molecule has 4 aliphatic rings. The van der Waals surface area contributed by atoms with Gasteiger partial charge in [-0.15, -0.1) is 0 Å². The fourth-order valence-electron chi connectivity index (χ4n) is 7.67. The van der Waals surface area contributed by atoms with E-state index < -0.39 is 0 Å².